The molecule has 0 fully saturated rings. The third kappa shape index (κ3) is 19.5. The molecule has 0 atom stereocenters. The molecule has 0 amide bonds. The lowest BCUT2D eigenvalue weighted by molar-refractivity contribution is 0.598. The maximum Gasteiger partial charge on any atom is -0.0351 e. The fourth-order valence-electron chi connectivity index (χ4n) is 2.79. The fraction of sp³-hybridized carbons (Fsp3) is 0.818. The van der Waals surface area contributed by atoms with E-state index in [1.54, 1.807) is 0 Å². The minimum Gasteiger partial charge on any atom is -0.0888 e. The van der Waals surface area contributed by atoms with E-state index in [-0.39, 0.29) is 0 Å². The van der Waals surface area contributed by atoms with Gasteiger partial charge in [-0.3, -0.25) is 0 Å². The summed E-state index contributed by atoms with van der Waals surface area (Å²) in [5, 5.41) is 0. The summed E-state index contributed by atoms with van der Waals surface area (Å²) in [5.41, 5.74) is 0. The number of rotatable bonds is 17. The standard InChI is InChI=1S/C22H42/c1-3-5-7-9-11-13-15-17-19-21-22-20-18-16-14-12-10-8-6-4-2/h5,7,18,20H,3-4,6,8-17,19,21-22H2,1-2H3/b7-5+,20-18+. The van der Waals surface area contributed by atoms with Gasteiger partial charge in [-0.1, -0.05) is 95.9 Å². The van der Waals surface area contributed by atoms with Gasteiger partial charge in [-0.05, 0) is 44.9 Å². The predicted molar refractivity (Wildman–Crippen MR) is 104 cm³/mol. The Balaban J connectivity index is 3.06. The van der Waals surface area contributed by atoms with Gasteiger partial charge in [0, 0.05) is 0 Å². The first-order valence-electron chi connectivity index (χ1n) is 10.2. The molecule has 0 unspecified atom stereocenters. The normalized spacial score (nSPS) is 11.9. The second-order valence-electron chi connectivity index (χ2n) is 6.61. The average Bonchev–Trinajstić information content (AvgIpc) is 2.54. The molecule has 0 nitrogen and oxygen atoms in total. The highest BCUT2D eigenvalue weighted by molar-refractivity contribution is 4.81. The van der Waals surface area contributed by atoms with Crippen LogP contribution in [0, 0.1) is 0 Å². The Bertz CT molecular complexity index is 236. The van der Waals surface area contributed by atoms with Gasteiger partial charge in [0.2, 0.25) is 0 Å². The molecule has 0 aliphatic heterocycles. The first-order chi connectivity index (χ1) is 10.9. The van der Waals surface area contributed by atoms with Crippen molar-refractivity contribution in [3.8, 4) is 0 Å². The molecule has 0 rings (SSSR count). The Morgan fingerprint density at radius 3 is 1.18 bits per heavy atom. The van der Waals surface area contributed by atoms with Crippen LogP contribution in [0.2, 0.25) is 0 Å². The van der Waals surface area contributed by atoms with E-state index in [0.29, 0.717) is 0 Å². The maximum absolute atomic E-state index is 2.42. The van der Waals surface area contributed by atoms with E-state index in [9.17, 15) is 0 Å². The molecule has 0 aromatic heterocycles. The van der Waals surface area contributed by atoms with Crippen molar-refractivity contribution in [2.45, 2.75) is 117 Å². The van der Waals surface area contributed by atoms with Crippen molar-refractivity contribution >= 4 is 0 Å². The topological polar surface area (TPSA) is 0 Å². The second kappa shape index (κ2) is 20.5. The smallest absolute Gasteiger partial charge is 0.0351 e. The van der Waals surface area contributed by atoms with Crippen molar-refractivity contribution in [1.82, 2.24) is 0 Å². The summed E-state index contributed by atoms with van der Waals surface area (Å²) >= 11 is 0. The largest absolute Gasteiger partial charge is 0.0888 e. The fourth-order valence-corrected chi connectivity index (χ4v) is 2.79. The summed E-state index contributed by atoms with van der Waals surface area (Å²) in [6.45, 7) is 4.49. The highest BCUT2D eigenvalue weighted by Crippen LogP contribution is 2.10. The number of allylic oxidation sites excluding steroid dienone is 4. The lowest BCUT2D eigenvalue weighted by atomic mass is 10.1. The Hall–Kier alpha value is -0.520. The molecule has 22 heavy (non-hydrogen) atoms. The van der Waals surface area contributed by atoms with Crippen molar-refractivity contribution < 1.29 is 0 Å². The van der Waals surface area contributed by atoms with Gasteiger partial charge in [0.1, 0.15) is 0 Å². The average molecular weight is 307 g/mol. The zero-order valence-corrected chi connectivity index (χ0v) is 15.6. The second-order valence-corrected chi connectivity index (χ2v) is 6.61. The molecule has 0 spiro atoms. The predicted octanol–water partition coefficient (Wildman–Crippen LogP) is 8.38. The Morgan fingerprint density at radius 2 is 0.773 bits per heavy atom. The summed E-state index contributed by atoms with van der Waals surface area (Å²) in [7, 11) is 0. The van der Waals surface area contributed by atoms with E-state index in [2.05, 4.69) is 38.2 Å². The monoisotopic (exact) mass is 306 g/mol. The number of unbranched alkanes of at least 4 members (excludes halogenated alkanes) is 13. The van der Waals surface area contributed by atoms with Crippen LogP contribution in [0.15, 0.2) is 24.3 Å². The van der Waals surface area contributed by atoms with Crippen molar-refractivity contribution in [3.63, 3.8) is 0 Å². The molecule has 0 radical (unpaired) electrons. The summed E-state index contributed by atoms with van der Waals surface area (Å²) in [4.78, 5) is 0. The van der Waals surface area contributed by atoms with Gasteiger partial charge in [0.15, 0.2) is 0 Å². The quantitative estimate of drug-likeness (QED) is 0.187. The maximum atomic E-state index is 2.42. The van der Waals surface area contributed by atoms with Crippen molar-refractivity contribution in [1.29, 1.82) is 0 Å². The van der Waals surface area contributed by atoms with Crippen LogP contribution in [0.4, 0.5) is 0 Å². The van der Waals surface area contributed by atoms with Crippen LogP contribution in [0.5, 0.6) is 0 Å². The summed E-state index contributed by atoms with van der Waals surface area (Å²) in [6.07, 6.45) is 31.5. The summed E-state index contributed by atoms with van der Waals surface area (Å²) in [5.74, 6) is 0. The van der Waals surface area contributed by atoms with E-state index in [0.717, 1.165) is 0 Å². The van der Waals surface area contributed by atoms with Gasteiger partial charge in [0.25, 0.3) is 0 Å². The zero-order chi connectivity index (χ0) is 16.1. The summed E-state index contributed by atoms with van der Waals surface area (Å²) in [6, 6.07) is 0. The van der Waals surface area contributed by atoms with Gasteiger partial charge in [0.05, 0.1) is 0 Å². The number of hydrogen-bond acceptors (Lipinski definition) is 0. The van der Waals surface area contributed by atoms with Crippen LogP contribution < -0.4 is 0 Å². The van der Waals surface area contributed by atoms with Crippen LogP contribution in [-0.4, -0.2) is 0 Å². The molecule has 0 aliphatic carbocycles. The Kier molecular flexibility index (Phi) is 20.0. The van der Waals surface area contributed by atoms with E-state index in [4.69, 9.17) is 0 Å². The van der Waals surface area contributed by atoms with Gasteiger partial charge < -0.3 is 0 Å². The lowest BCUT2D eigenvalue weighted by Gasteiger charge is -1.99. The molecule has 0 heteroatoms. The van der Waals surface area contributed by atoms with E-state index in [1.807, 2.05) is 0 Å². The first-order valence-corrected chi connectivity index (χ1v) is 10.2. The van der Waals surface area contributed by atoms with Gasteiger partial charge in [-0.15, -0.1) is 0 Å². The van der Waals surface area contributed by atoms with Gasteiger partial charge in [-0.25, -0.2) is 0 Å². The SMILES string of the molecule is CC/C=C/CCCCCCCC/C=C/CCCCCCCC. The third-order valence-electron chi connectivity index (χ3n) is 4.28. The highest BCUT2D eigenvalue weighted by atomic mass is 14.0. The van der Waals surface area contributed by atoms with Gasteiger partial charge >= 0.3 is 0 Å². The van der Waals surface area contributed by atoms with Gasteiger partial charge in [-0.2, -0.15) is 0 Å². The molecule has 0 heterocycles. The van der Waals surface area contributed by atoms with Crippen molar-refractivity contribution in [2.75, 3.05) is 0 Å². The van der Waals surface area contributed by atoms with Crippen LogP contribution in [0.3, 0.4) is 0 Å². The molecule has 0 aromatic rings. The first kappa shape index (κ1) is 21.5. The van der Waals surface area contributed by atoms with Crippen LogP contribution in [0.1, 0.15) is 117 Å². The van der Waals surface area contributed by atoms with E-state index >= 15 is 0 Å². The highest BCUT2D eigenvalue weighted by Gasteiger charge is 1.90. The molecular weight excluding hydrogens is 264 g/mol. The molecule has 0 bridgehead atoms. The Morgan fingerprint density at radius 1 is 0.409 bits per heavy atom. The van der Waals surface area contributed by atoms with E-state index in [1.165, 1.54) is 103 Å². The van der Waals surface area contributed by atoms with Crippen molar-refractivity contribution in [2.24, 2.45) is 0 Å². The minimum atomic E-state index is 1.19. The molecule has 0 N–H and O–H groups in total. The Labute approximate surface area is 141 Å². The van der Waals surface area contributed by atoms with E-state index < -0.39 is 0 Å². The van der Waals surface area contributed by atoms with Crippen molar-refractivity contribution in [3.05, 3.63) is 24.3 Å². The molecule has 0 saturated heterocycles. The molecule has 0 saturated carbocycles. The molecule has 0 aromatic carbocycles. The van der Waals surface area contributed by atoms with Crippen LogP contribution >= 0.6 is 0 Å². The number of hydrogen-bond donors (Lipinski definition) is 0. The lowest BCUT2D eigenvalue weighted by Crippen LogP contribution is -1.80. The summed E-state index contributed by atoms with van der Waals surface area (Å²) < 4.78 is 0. The zero-order valence-electron chi connectivity index (χ0n) is 15.6. The van der Waals surface area contributed by atoms with Crippen LogP contribution in [-0.2, 0) is 0 Å². The van der Waals surface area contributed by atoms with Crippen LogP contribution in [0.25, 0.3) is 0 Å². The third-order valence-corrected chi connectivity index (χ3v) is 4.28. The molecule has 130 valence electrons. The minimum absolute atomic E-state index is 1.19. The molecule has 0 aliphatic rings. The molecular formula is C22H42.